The number of thiazole rings is 1. The summed E-state index contributed by atoms with van der Waals surface area (Å²) in [5, 5.41) is 9.38. The molecule has 8 heteroatoms. The normalized spacial score (nSPS) is 16.6. The number of carbonyl (C=O) groups excluding carboxylic acids is 1. The molecule has 0 spiro atoms. The lowest BCUT2D eigenvalue weighted by molar-refractivity contribution is -0.00122. The van der Waals surface area contributed by atoms with Crippen LogP contribution in [0.15, 0.2) is 41.9 Å². The smallest absolute Gasteiger partial charge is 0.277 e. The average molecular weight is 344 g/mol. The maximum atomic E-state index is 13.0. The fraction of sp³-hybridized carbons (Fsp3) is 0.188. The third-order valence-electron chi connectivity index (χ3n) is 3.76. The van der Waals surface area contributed by atoms with Crippen molar-refractivity contribution in [1.29, 1.82) is 0 Å². The Bertz CT molecular complexity index is 861. The number of fused-ring (bicyclic) bond motifs is 1. The van der Waals surface area contributed by atoms with Crippen molar-refractivity contribution in [1.82, 2.24) is 14.8 Å². The van der Waals surface area contributed by atoms with E-state index < -0.39 is 0 Å². The molecule has 1 N–H and O–H groups in total. The van der Waals surface area contributed by atoms with Crippen LogP contribution in [-0.4, -0.2) is 20.7 Å². The molecule has 3 heterocycles. The zero-order chi connectivity index (χ0) is 16.5. The van der Waals surface area contributed by atoms with Gasteiger partial charge in [0.25, 0.3) is 5.91 Å². The van der Waals surface area contributed by atoms with Crippen LogP contribution in [0.5, 0.6) is 0 Å². The van der Waals surface area contributed by atoms with Crippen molar-refractivity contribution in [3.63, 3.8) is 0 Å². The number of hydrogen-bond donors (Lipinski definition) is 1. The van der Waals surface area contributed by atoms with Crippen molar-refractivity contribution in [2.75, 3.05) is 5.32 Å². The SMILES string of the molecule is O=C(Nc1nccs1)c1cc2n(n1)C[C@@H](c1ccc(F)cc1)OC2. The molecule has 0 radical (unpaired) electrons. The second-order valence-corrected chi connectivity index (χ2v) is 6.24. The molecule has 1 amide bonds. The van der Waals surface area contributed by atoms with Gasteiger partial charge in [-0.2, -0.15) is 5.10 Å². The van der Waals surface area contributed by atoms with Gasteiger partial charge in [0.2, 0.25) is 0 Å². The number of hydrogen-bond acceptors (Lipinski definition) is 5. The van der Waals surface area contributed by atoms with E-state index in [9.17, 15) is 9.18 Å². The van der Waals surface area contributed by atoms with E-state index in [2.05, 4.69) is 15.4 Å². The van der Waals surface area contributed by atoms with Crippen LogP contribution in [0.2, 0.25) is 0 Å². The van der Waals surface area contributed by atoms with Gasteiger partial charge in [0.15, 0.2) is 10.8 Å². The first-order chi connectivity index (χ1) is 11.7. The quantitative estimate of drug-likeness (QED) is 0.793. The number of nitrogens with zero attached hydrogens (tertiary/aromatic N) is 3. The lowest BCUT2D eigenvalue weighted by atomic mass is 10.1. The monoisotopic (exact) mass is 344 g/mol. The Morgan fingerprint density at radius 3 is 2.96 bits per heavy atom. The van der Waals surface area contributed by atoms with Gasteiger partial charge in [-0.3, -0.25) is 14.8 Å². The van der Waals surface area contributed by atoms with Crippen LogP contribution in [-0.2, 0) is 17.9 Å². The zero-order valence-electron chi connectivity index (χ0n) is 12.5. The molecule has 1 aromatic carbocycles. The second kappa shape index (κ2) is 6.14. The molecule has 1 aliphatic heterocycles. The highest BCUT2D eigenvalue weighted by atomic mass is 32.1. The number of benzene rings is 1. The molecule has 1 aliphatic rings. The number of rotatable bonds is 3. The van der Waals surface area contributed by atoms with Crippen molar-refractivity contribution in [3.05, 3.63) is 64.7 Å². The molecule has 122 valence electrons. The summed E-state index contributed by atoms with van der Waals surface area (Å²) < 4.78 is 20.6. The number of anilines is 1. The lowest BCUT2D eigenvalue weighted by Gasteiger charge is -2.24. The van der Waals surface area contributed by atoms with Gasteiger partial charge in [0.1, 0.15) is 11.9 Å². The summed E-state index contributed by atoms with van der Waals surface area (Å²) in [7, 11) is 0. The Labute approximate surface area is 140 Å². The van der Waals surface area contributed by atoms with Gasteiger partial charge in [-0.1, -0.05) is 12.1 Å². The summed E-state index contributed by atoms with van der Waals surface area (Å²) in [6.07, 6.45) is 1.41. The predicted octanol–water partition coefficient (Wildman–Crippen LogP) is 3.00. The van der Waals surface area contributed by atoms with Gasteiger partial charge in [-0.15, -0.1) is 11.3 Å². The van der Waals surface area contributed by atoms with Gasteiger partial charge >= 0.3 is 0 Å². The van der Waals surface area contributed by atoms with E-state index in [4.69, 9.17) is 4.74 Å². The van der Waals surface area contributed by atoms with Crippen LogP contribution >= 0.6 is 11.3 Å². The summed E-state index contributed by atoms with van der Waals surface area (Å²) in [5.41, 5.74) is 2.03. The fourth-order valence-corrected chi connectivity index (χ4v) is 3.09. The number of aromatic nitrogens is 3. The largest absolute Gasteiger partial charge is 0.365 e. The summed E-state index contributed by atoms with van der Waals surface area (Å²) in [4.78, 5) is 16.2. The highest BCUT2D eigenvalue weighted by Gasteiger charge is 2.24. The Balaban J connectivity index is 1.51. The Morgan fingerprint density at radius 2 is 2.21 bits per heavy atom. The molecule has 0 bridgehead atoms. The van der Waals surface area contributed by atoms with Crippen molar-refractivity contribution < 1.29 is 13.9 Å². The molecule has 0 saturated heterocycles. The minimum atomic E-state index is -0.301. The first-order valence-electron chi connectivity index (χ1n) is 7.34. The molecule has 1 atom stereocenters. The molecule has 0 fully saturated rings. The number of halogens is 1. The van der Waals surface area contributed by atoms with E-state index in [-0.39, 0.29) is 17.8 Å². The van der Waals surface area contributed by atoms with Crippen LogP contribution in [0.3, 0.4) is 0 Å². The maximum absolute atomic E-state index is 13.0. The summed E-state index contributed by atoms with van der Waals surface area (Å²) in [6.45, 7) is 0.824. The average Bonchev–Trinajstić information content (AvgIpc) is 3.24. The van der Waals surface area contributed by atoms with E-state index in [1.165, 1.54) is 23.5 Å². The number of ether oxygens (including phenoxy) is 1. The number of amides is 1. The zero-order valence-corrected chi connectivity index (χ0v) is 13.3. The summed E-state index contributed by atoms with van der Waals surface area (Å²) >= 11 is 1.35. The first-order valence-corrected chi connectivity index (χ1v) is 8.21. The first kappa shape index (κ1) is 15.0. The second-order valence-electron chi connectivity index (χ2n) is 5.35. The molecule has 24 heavy (non-hydrogen) atoms. The van der Waals surface area contributed by atoms with E-state index in [0.717, 1.165) is 11.3 Å². The minimum absolute atomic E-state index is 0.215. The highest BCUT2D eigenvalue weighted by molar-refractivity contribution is 7.13. The standard InChI is InChI=1S/C16H13FN4O2S/c17-11-3-1-10(2-4-11)14-8-21-12(9-23-14)7-13(20-21)15(22)19-16-18-5-6-24-16/h1-7,14H,8-9H2,(H,18,19,22)/t14-/m0/s1. The maximum Gasteiger partial charge on any atom is 0.277 e. The number of nitrogens with one attached hydrogen (secondary N) is 1. The summed E-state index contributed by atoms with van der Waals surface area (Å²) in [5.74, 6) is -0.583. The van der Waals surface area contributed by atoms with Crippen molar-refractivity contribution >= 4 is 22.4 Å². The Morgan fingerprint density at radius 1 is 1.38 bits per heavy atom. The van der Waals surface area contributed by atoms with Crippen LogP contribution < -0.4 is 5.32 Å². The van der Waals surface area contributed by atoms with E-state index >= 15 is 0 Å². The number of carbonyl (C=O) groups is 1. The van der Waals surface area contributed by atoms with Crippen molar-refractivity contribution in [3.8, 4) is 0 Å². The Kier molecular flexibility index (Phi) is 3.83. The van der Waals surface area contributed by atoms with Crippen molar-refractivity contribution in [2.45, 2.75) is 19.3 Å². The van der Waals surface area contributed by atoms with Gasteiger partial charge in [-0.25, -0.2) is 9.37 Å². The van der Waals surface area contributed by atoms with Gasteiger partial charge in [0, 0.05) is 11.6 Å². The predicted molar refractivity (Wildman–Crippen MR) is 86.2 cm³/mol. The van der Waals surface area contributed by atoms with E-state index in [1.54, 1.807) is 34.5 Å². The topological polar surface area (TPSA) is 69.0 Å². The minimum Gasteiger partial charge on any atom is -0.365 e. The highest BCUT2D eigenvalue weighted by Crippen LogP contribution is 2.27. The van der Waals surface area contributed by atoms with Gasteiger partial charge in [0.05, 0.1) is 18.8 Å². The molecular formula is C16H13FN4O2S. The van der Waals surface area contributed by atoms with Crippen LogP contribution in [0.1, 0.15) is 27.8 Å². The van der Waals surface area contributed by atoms with Crippen LogP contribution in [0.4, 0.5) is 9.52 Å². The van der Waals surface area contributed by atoms with Crippen molar-refractivity contribution in [2.24, 2.45) is 0 Å². The summed E-state index contributed by atoms with van der Waals surface area (Å²) in [6, 6.07) is 7.92. The molecule has 0 unspecified atom stereocenters. The lowest BCUT2D eigenvalue weighted by Crippen LogP contribution is -2.22. The third kappa shape index (κ3) is 2.93. The fourth-order valence-electron chi connectivity index (χ4n) is 2.56. The van der Waals surface area contributed by atoms with Crippen LogP contribution in [0, 0.1) is 5.82 Å². The van der Waals surface area contributed by atoms with Crippen LogP contribution in [0.25, 0.3) is 0 Å². The van der Waals surface area contributed by atoms with Gasteiger partial charge < -0.3 is 4.74 Å². The molecule has 3 aromatic rings. The molecule has 4 rings (SSSR count). The molecule has 0 saturated carbocycles. The molecule has 2 aromatic heterocycles. The molecule has 0 aliphatic carbocycles. The molecular weight excluding hydrogens is 331 g/mol. The van der Waals surface area contributed by atoms with Gasteiger partial charge in [-0.05, 0) is 23.8 Å². The van der Waals surface area contributed by atoms with E-state index in [0.29, 0.717) is 24.0 Å². The molecule has 6 nitrogen and oxygen atoms in total. The van der Waals surface area contributed by atoms with E-state index in [1.807, 2.05) is 0 Å². The third-order valence-corrected chi connectivity index (χ3v) is 4.45. The Hall–Kier alpha value is -2.58.